The average molecular weight is 427 g/mol. The molecule has 0 unspecified atom stereocenters. The Kier molecular flexibility index (Phi) is 6.73. The highest BCUT2D eigenvalue weighted by atomic mass is 19.4. The van der Waals surface area contributed by atoms with Crippen molar-refractivity contribution in [1.82, 2.24) is 20.5 Å². The number of hydrogen-bond donors (Lipinski definition) is 3. The minimum absolute atomic E-state index is 0.0898. The lowest BCUT2D eigenvalue weighted by atomic mass is 10.1. The number of carbonyl (C=O) groups is 1. The predicted molar refractivity (Wildman–Crippen MR) is 104 cm³/mol. The number of nitrogens with one attached hydrogen (secondary N) is 2. The largest absolute Gasteiger partial charge is 0.507 e. The number of phenolic OH excluding ortho intramolecular Hbond substituents is 1. The van der Waals surface area contributed by atoms with Gasteiger partial charge in [-0.2, -0.15) is 13.2 Å². The molecule has 8 nitrogen and oxygen atoms in total. The maximum Gasteiger partial charge on any atom is 0.416 e. The van der Waals surface area contributed by atoms with Crippen molar-refractivity contribution in [2.24, 2.45) is 0 Å². The second kappa shape index (κ2) is 8.72. The van der Waals surface area contributed by atoms with Gasteiger partial charge in [-0.05, 0) is 52.8 Å². The zero-order valence-electron chi connectivity index (χ0n) is 17.3. The van der Waals surface area contributed by atoms with Gasteiger partial charge < -0.3 is 20.5 Å². The number of halogens is 3. The fraction of sp³-hybridized carbons (Fsp3) is 0.474. The van der Waals surface area contributed by atoms with Crippen molar-refractivity contribution >= 4 is 12.0 Å². The van der Waals surface area contributed by atoms with Crippen LogP contribution in [-0.4, -0.2) is 44.6 Å². The fourth-order valence-corrected chi connectivity index (χ4v) is 2.44. The second-order valence-corrected chi connectivity index (χ2v) is 7.73. The summed E-state index contributed by atoms with van der Waals surface area (Å²) in [6.45, 7) is 8.90. The molecule has 0 aliphatic rings. The maximum absolute atomic E-state index is 12.8. The van der Waals surface area contributed by atoms with Gasteiger partial charge in [-0.3, -0.25) is 0 Å². The molecular weight excluding hydrogens is 403 g/mol. The summed E-state index contributed by atoms with van der Waals surface area (Å²) < 4.78 is 43.4. The number of alkyl halides is 3. The van der Waals surface area contributed by atoms with E-state index in [-0.39, 0.29) is 29.8 Å². The molecule has 0 saturated heterocycles. The van der Waals surface area contributed by atoms with Crippen molar-refractivity contribution in [3.8, 4) is 17.0 Å². The molecule has 0 radical (unpaired) electrons. The summed E-state index contributed by atoms with van der Waals surface area (Å²) in [5.74, 6) is -0.402. The molecule has 0 spiro atoms. The van der Waals surface area contributed by atoms with Crippen molar-refractivity contribution in [2.75, 3.05) is 11.9 Å². The first-order chi connectivity index (χ1) is 13.8. The number of nitrogens with zero attached hydrogens (tertiary/aromatic N) is 3. The van der Waals surface area contributed by atoms with Crippen LogP contribution in [0.15, 0.2) is 18.2 Å². The van der Waals surface area contributed by atoms with Gasteiger partial charge in [0, 0.05) is 18.2 Å². The van der Waals surface area contributed by atoms with Crippen LogP contribution >= 0.6 is 0 Å². The van der Waals surface area contributed by atoms with E-state index in [9.17, 15) is 23.1 Å². The topological polar surface area (TPSA) is 109 Å². The zero-order valence-corrected chi connectivity index (χ0v) is 17.3. The Morgan fingerprint density at radius 2 is 1.90 bits per heavy atom. The third-order valence-corrected chi connectivity index (χ3v) is 3.77. The summed E-state index contributed by atoms with van der Waals surface area (Å²) in [4.78, 5) is 16.0. The number of benzene rings is 1. The molecule has 0 bridgehead atoms. The van der Waals surface area contributed by atoms with E-state index in [4.69, 9.17) is 4.74 Å². The lowest BCUT2D eigenvalue weighted by Crippen LogP contribution is -2.41. The van der Waals surface area contributed by atoms with E-state index in [0.717, 1.165) is 12.1 Å². The van der Waals surface area contributed by atoms with Crippen LogP contribution in [0.25, 0.3) is 11.3 Å². The number of carbonyl (C=O) groups excluding carboxylic acids is 1. The van der Waals surface area contributed by atoms with Gasteiger partial charge in [0.05, 0.1) is 11.3 Å². The number of aromatic nitrogens is 3. The number of anilines is 1. The number of alkyl carbamates (subject to hydrolysis) is 1. The van der Waals surface area contributed by atoms with Crippen LogP contribution in [0.3, 0.4) is 0 Å². The van der Waals surface area contributed by atoms with Gasteiger partial charge in [-0.25, -0.2) is 9.78 Å². The standard InChI is InChI=1S/C19H24F3N5O3/c1-10(24-17(29)30-18(3,4)5)9-23-16-25-11(2)15(26-27-16)13-7-6-12(8-14(13)28)19(20,21)22/h6-8,10,28H,9H2,1-5H3,(H,24,29)(H,23,25,27)/t10-/m1/s1. The Hall–Kier alpha value is -3.11. The SMILES string of the molecule is Cc1nc(NC[C@@H](C)NC(=O)OC(C)(C)C)nnc1-c1ccc(C(F)(F)F)cc1O. The summed E-state index contributed by atoms with van der Waals surface area (Å²) in [5.41, 5.74) is -0.970. The van der Waals surface area contributed by atoms with Crippen molar-refractivity contribution in [1.29, 1.82) is 0 Å². The van der Waals surface area contributed by atoms with Crippen molar-refractivity contribution in [3.63, 3.8) is 0 Å². The lowest BCUT2D eigenvalue weighted by Gasteiger charge is -2.22. The number of amides is 1. The van der Waals surface area contributed by atoms with Gasteiger partial charge in [0.1, 0.15) is 17.0 Å². The van der Waals surface area contributed by atoms with Crippen LogP contribution in [0, 0.1) is 6.92 Å². The average Bonchev–Trinajstić information content (AvgIpc) is 2.58. The fourth-order valence-electron chi connectivity index (χ4n) is 2.44. The summed E-state index contributed by atoms with van der Waals surface area (Å²) in [6.07, 6.45) is -5.12. The van der Waals surface area contributed by atoms with Gasteiger partial charge in [-0.1, -0.05) is 0 Å². The van der Waals surface area contributed by atoms with E-state index in [2.05, 4.69) is 25.8 Å². The monoisotopic (exact) mass is 427 g/mol. The molecule has 1 atom stereocenters. The third kappa shape index (κ3) is 6.46. The maximum atomic E-state index is 12.8. The summed E-state index contributed by atoms with van der Waals surface area (Å²) in [5, 5.41) is 23.4. The quantitative estimate of drug-likeness (QED) is 0.664. The molecule has 2 rings (SSSR count). The van der Waals surface area contributed by atoms with Crippen LogP contribution in [0.1, 0.15) is 39.0 Å². The highest BCUT2D eigenvalue weighted by Crippen LogP contribution is 2.36. The molecule has 11 heteroatoms. The van der Waals surface area contributed by atoms with Crippen molar-refractivity contribution in [3.05, 3.63) is 29.5 Å². The second-order valence-electron chi connectivity index (χ2n) is 7.73. The Morgan fingerprint density at radius 1 is 1.23 bits per heavy atom. The van der Waals surface area contributed by atoms with E-state index in [1.165, 1.54) is 0 Å². The molecule has 1 heterocycles. The van der Waals surface area contributed by atoms with E-state index >= 15 is 0 Å². The van der Waals surface area contributed by atoms with Crippen LogP contribution in [0.2, 0.25) is 0 Å². The highest BCUT2D eigenvalue weighted by Gasteiger charge is 2.31. The molecule has 0 saturated carbocycles. The predicted octanol–water partition coefficient (Wildman–Crippen LogP) is 3.90. The number of rotatable bonds is 5. The normalized spacial score (nSPS) is 12.9. The van der Waals surface area contributed by atoms with Crippen LogP contribution in [0.4, 0.5) is 23.9 Å². The highest BCUT2D eigenvalue weighted by molar-refractivity contribution is 5.69. The Morgan fingerprint density at radius 3 is 2.43 bits per heavy atom. The first kappa shape index (κ1) is 23.2. The minimum Gasteiger partial charge on any atom is -0.507 e. The summed E-state index contributed by atoms with van der Waals surface area (Å²) in [6, 6.07) is 2.30. The van der Waals surface area contributed by atoms with Crippen molar-refractivity contribution in [2.45, 2.75) is 52.4 Å². The van der Waals surface area contributed by atoms with E-state index in [0.29, 0.717) is 11.8 Å². The van der Waals surface area contributed by atoms with Gasteiger partial charge >= 0.3 is 12.3 Å². The molecular formula is C19H24F3N5O3. The summed E-state index contributed by atoms with van der Waals surface area (Å²) >= 11 is 0. The third-order valence-electron chi connectivity index (χ3n) is 3.77. The zero-order chi connectivity index (χ0) is 22.7. The number of ether oxygens (including phenoxy) is 1. The molecule has 1 aromatic carbocycles. The molecule has 3 N–H and O–H groups in total. The molecule has 1 amide bonds. The van der Waals surface area contributed by atoms with Gasteiger partial charge in [0.15, 0.2) is 0 Å². The van der Waals surface area contributed by atoms with E-state index < -0.39 is 29.2 Å². The summed E-state index contributed by atoms with van der Waals surface area (Å²) in [7, 11) is 0. The number of hydrogen-bond acceptors (Lipinski definition) is 7. The molecule has 30 heavy (non-hydrogen) atoms. The van der Waals surface area contributed by atoms with Crippen molar-refractivity contribution < 1.29 is 27.8 Å². The Bertz CT molecular complexity index is 913. The van der Waals surface area contributed by atoms with Gasteiger partial charge in [0.25, 0.3) is 0 Å². The smallest absolute Gasteiger partial charge is 0.416 e. The first-order valence-corrected chi connectivity index (χ1v) is 9.11. The lowest BCUT2D eigenvalue weighted by molar-refractivity contribution is -0.137. The molecule has 1 aromatic heterocycles. The molecule has 0 aliphatic carbocycles. The van der Waals surface area contributed by atoms with Gasteiger partial charge in [0.2, 0.25) is 5.95 Å². The molecule has 2 aromatic rings. The molecule has 0 aliphatic heterocycles. The minimum atomic E-state index is -4.56. The number of aromatic hydroxyl groups is 1. The first-order valence-electron chi connectivity index (χ1n) is 9.11. The number of phenols is 1. The molecule has 164 valence electrons. The van der Waals surface area contributed by atoms with Crippen LogP contribution in [-0.2, 0) is 10.9 Å². The number of aryl methyl sites for hydroxylation is 1. The molecule has 0 fully saturated rings. The van der Waals surface area contributed by atoms with Crippen LogP contribution in [0.5, 0.6) is 5.75 Å². The van der Waals surface area contributed by atoms with Gasteiger partial charge in [-0.15, -0.1) is 10.2 Å². The Balaban J connectivity index is 2.05. The van der Waals surface area contributed by atoms with E-state index in [1.54, 1.807) is 34.6 Å². The Labute approximate surface area is 171 Å². The van der Waals surface area contributed by atoms with Crippen LogP contribution < -0.4 is 10.6 Å². The van der Waals surface area contributed by atoms with E-state index in [1.807, 2.05) is 0 Å².